The van der Waals surface area contributed by atoms with E-state index >= 15 is 0 Å². The van der Waals surface area contributed by atoms with Gasteiger partial charge in [-0.25, -0.2) is 13.1 Å². The number of hydrogen-bond acceptors (Lipinski definition) is 3. The van der Waals surface area contributed by atoms with Gasteiger partial charge in [0.2, 0.25) is 10.0 Å². The van der Waals surface area contributed by atoms with Crippen LogP contribution in [0.5, 0.6) is 0 Å². The summed E-state index contributed by atoms with van der Waals surface area (Å²) in [7, 11) is -1.74. The van der Waals surface area contributed by atoms with Gasteiger partial charge in [0.1, 0.15) is 0 Å². The summed E-state index contributed by atoms with van der Waals surface area (Å²) in [5.41, 5.74) is 0.830. The minimum absolute atomic E-state index is 0.321. The van der Waals surface area contributed by atoms with Crippen LogP contribution in [0.2, 0.25) is 0 Å². The Morgan fingerprint density at radius 2 is 1.58 bits per heavy atom. The van der Waals surface area contributed by atoms with E-state index in [0.717, 1.165) is 17.4 Å². The molecule has 1 aromatic rings. The molecule has 4 aliphatic carbocycles. The average molecular weight is 378 g/mol. The molecule has 0 spiro atoms. The molecule has 0 atom stereocenters. The maximum atomic E-state index is 12.8. The van der Waals surface area contributed by atoms with Crippen molar-refractivity contribution in [3.8, 4) is 0 Å². The minimum atomic E-state index is -3.51. The molecule has 4 saturated carbocycles. The summed E-state index contributed by atoms with van der Waals surface area (Å²) in [4.78, 5) is 0.344. The smallest absolute Gasteiger partial charge is 0.240 e. The van der Waals surface area contributed by atoms with Gasteiger partial charge in [-0.2, -0.15) is 0 Å². The fraction of sp³-hybridized carbons (Fsp3) is 0.714. The van der Waals surface area contributed by atoms with Gasteiger partial charge >= 0.3 is 0 Å². The molecule has 5 heteroatoms. The Labute approximate surface area is 157 Å². The van der Waals surface area contributed by atoms with Crippen LogP contribution < -0.4 is 4.72 Å². The van der Waals surface area contributed by atoms with E-state index < -0.39 is 10.0 Å². The molecule has 0 heterocycles. The SMILES string of the molecule is COC1(CNS(=O)(=O)c2ccc(C(C)C)cc2)C2CC3CC(C2)CC1C3. The third-order valence-electron chi connectivity index (χ3n) is 7.30. The molecule has 0 amide bonds. The standard InChI is InChI=1S/C21H31NO3S/c1-14(2)17-4-6-20(7-5-17)26(23,24)22-13-21(25-3)18-9-15-8-16(11-18)12-19(21)10-15/h4-7,14-16,18-19,22H,8-13H2,1-3H3. The summed E-state index contributed by atoms with van der Waals surface area (Å²) in [5.74, 6) is 3.05. The second kappa shape index (κ2) is 6.61. The van der Waals surface area contributed by atoms with Crippen LogP contribution in [-0.2, 0) is 14.8 Å². The maximum Gasteiger partial charge on any atom is 0.240 e. The summed E-state index contributed by atoms with van der Waals surface area (Å²) >= 11 is 0. The van der Waals surface area contributed by atoms with Gasteiger partial charge in [-0.05, 0) is 79.4 Å². The Bertz CT molecular complexity index is 726. The third-order valence-corrected chi connectivity index (χ3v) is 8.71. The molecule has 0 aliphatic heterocycles. The van der Waals surface area contributed by atoms with Gasteiger partial charge < -0.3 is 4.74 Å². The molecule has 0 aromatic heterocycles. The molecule has 144 valence electrons. The van der Waals surface area contributed by atoms with E-state index in [2.05, 4.69) is 18.6 Å². The first kappa shape index (κ1) is 18.5. The highest BCUT2D eigenvalue weighted by atomic mass is 32.2. The average Bonchev–Trinajstić information content (AvgIpc) is 2.61. The van der Waals surface area contributed by atoms with Crippen LogP contribution in [0, 0.1) is 23.7 Å². The van der Waals surface area contributed by atoms with Gasteiger partial charge in [0.25, 0.3) is 0 Å². The van der Waals surface area contributed by atoms with Crippen molar-refractivity contribution in [2.45, 2.75) is 62.4 Å². The maximum absolute atomic E-state index is 12.8. The Hall–Kier alpha value is -0.910. The van der Waals surface area contributed by atoms with E-state index in [-0.39, 0.29) is 5.60 Å². The summed E-state index contributed by atoms with van der Waals surface area (Å²) in [5, 5.41) is 0. The van der Waals surface area contributed by atoms with Crippen molar-refractivity contribution >= 4 is 10.0 Å². The fourth-order valence-corrected chi connectivity index (χ4v) is 7.08. The number of nitrogens with one attached hydrogen (secondary N) is 1. The first-order valence-corrected chi connectivity index (χ1v) is 11.5. The molecule has 4 bridgehead atoms. The first-order valence-electron chi connectivity index (χ1n) is 9.99. The van der Waals surface area contributed by atoms with E-state index in [9.17, 15) is 8.42 Å². The minimum Gasteiger partial charge on any atom is -0.376 e. The zero-order chi connectivity index (χ0) is 18.5. The van der Waals surface area contributed by atoms with Crippen LogP contribution in [0.3, 0.4) is 0 Å². The van der Waals surface area contributed by atoms with Crippen molar-refractivity contribution in [1.82, 2.24) is 4.72 Å². The molecule has 0 radical (unpaired) electrons. The van der Waals surface area contributed by atoms with Gasteiger partial charge in [-0.15, -0.1) is 0 Å². The lowest BCUT2D eigenvalue weighted by Gasteiger charge is -2.60. The lowest BCUT2D eigenvalue weighted by molar-refractivity contribution is -0.185. The van der Waals surface area contributed by atoms with Crippen molar-refractivity contribution in [3.05, 3.63) is 29.8 Å². The first-order chi connectivity index (χ1) is 12.3. The summed E-state index contributed by atoms with van der Waals surface area (Å²) in [6.45, 7) is 4.61. The molecule has 4 nitrogen and oxygen atoms in total. The molecule has 4 fully saturated rings. The summed E-state index contributed by atoms with van der Waals surface area (Å²) in [6.07, 6.45) is 6.18. The highest BCUT2D eigenvalue weighted by molar-refractivity contribution is 7.89. The zero-order valence-electron chi connectivity index (χ0n) is 16.1. The number of hydrogen-bond donors (Lipinski definition) is 1. The largest absolute Gasteiger partial charge is 0.376 e. The summed E-state index contributed by atoms with van der Waals surface area (Å²) < 4.78 is 34.6. The van der Waals surface area contributed by atoms with Gasteiger partial charge in [0.05, 0.1) is 10.5 Å². The van der Waals surface area contributed by atoms with Crippen LogP contribution in [-0.4, -0.2) is 27.7 Å². The molecule has 0 saturated heterocycles. The number of rotatable bonds is 6. The van der Waals surface area contributed by atoms with Gasteiger partial charge in [0.15, 0.2) is 0 Å². The van der Waals surface area contributed by atoms with Crippen molar-refractivity contribution in [2.24, 2.45) is 23.7 Å². The Kier molecular flexibility index (Phi) is 4.69. The second-order valence-corrected chi connectivity index (χ2v) is 10.8. The number of benzene rings is 1. The molecule has 1 N–H and O–H groups in total. The molecular formula is C21H31NO3S. The quantitative estimate of drug-likeness (QED) is 0.817. The van der Waals surface area contributed by atoms with Crippen LogP contribution >= 0.6 is 0 Å². The van der Waals surface area contributed by atoms with Crippen molar-refractivity contribution in [2.75, 3.05) is 13.7 Å². The molecular weight excluding hydrogens is 346 g/mol. The van der Waals surface area contributed by atoms with E-state index in [1.807, 2.05) is 12.1 Å². The highest BCUT2D eigenvalue weighted by Gasteiger charge is 2.57. The lowest BCUT2D eigenvalue weighted by Crippen LogP contribution is -2.63. The Morgan fingerprint density at radius 3 is 2.04 bits per heavy atom. The zero-order valence-corrected chi connectivity index (χ0v) is 16.9. The molecule has 1 aromatic carbocycles. The fourth-order valence-electron chi connectivity index (χ4n) is 6.00. The van der Waals surface area contributed by atoms with Crippen molar-refractivity contribution < 1.29 is 13.2 Å². The number of sulfonamides is 1. The Morgan fingerprint density at radius 1 is 1.04 bits per heavy atom. The normalized spacial score (nSPS) is 36.0. The molecule has 0 unspecified atom stereocenters. The second-order valence-electron chi connectivity index (χ2n) is 9.01. The van der Waals surface area contributed by atoms with E-state index in [1.165, 1.54) is 32.1 Å². The lowest BCUT2D eigenvalue weighted by atomic mass is 9.50. The van der Waals surface area contributed by atoms with E-state index in [4.69, 9.17) is 4.74 Å². The van der Waals surface area contributed by atoms with Crippen molar-refractivity contribution in [1.29, 1.82) is 0 Å². The van der Waals surface area contributed by atoms with Gasteiger partial charge in [-0.3, -0.25) is 0 Å². The van der Waals surface area contributed by atoms with Crippen LogP contribution in [0.25, 0.3) is 0 Å². The molecule has 5 rings (SSSR count). The monoisotopic (exact) mass is 377 g/mol. The predicted octanol–water partition coefficient (Wildman–Crippen LogP) is 3.93. The summed E-state index contributed by atoms with van der Waals surface area (Å²) in [6, 6.07) is 7.25. The van der Waals surface area contributed by atoms with Crippen LogP contribution in [0.15, 0.2) is 29.2 Å². The van der Waals surface area contributed by atoms with Crippen LogP contribution in [0.4, 0.5) is 0 Å². The number of ether oxygens (including phenoxy) is 1. The van der Waals surface area contributed by atoms with E-state index in [1.54, 1.807) is 19.2 Å². The molecule has 26 heavy (non-hydrogen) atoms. The van der Waals surface area contributed by atoms with Crippen LogP contribution in [0.1, 0.15) is 57.4 Å². The third kappa shape index (κ3) is 3.02. The Balaban J connectivity index is 1.51. The molecule has 4 aliphatic rings. The highest BCUT2D eigenvalue weighted by Crippen LogP contribution is 2.59. The van der Waals surface area contributed by atoms with E-state index in [0.29, 0.717) is 29.2 Å². The number of methoxy groups -OCH3 is 1. The van der Waals surface area contributed by atoms with Gasteiger partial charge in [-0.1, -0.05) is 26.0 Å². The topological polar surface area (TPSA) is 55.4 Å². The van der Waals surface area contributed by atoms with Crippen molar-refractivity contribution in [3.63, 3.8) is 0 Å². The van der Waals surface area contributed by atoms with Gasteiger partial charge in [0, 0.05) is 13.7 Å². The predicted molar refractivity (Wildman–Crippen MR) is 103 cm³/mol.